The van der Waals surface area contributed by atoms with Crippen molar-refractivity contribution >= 4 is 45.8 Å². The van der Waals surface area contributed by atoms with E-state index in [1.165, 1.54) is 35.5 Å². The number of nitrogens with one attached hydrogen (secondary N) is 1. The zero-order valence-corrected chi connectivity index (χ0v) is 17.8. The number of amides is 2. The number of nitro benzene ring substituents is 1. The van der Waals surface area contributed by atoms with Crippen LogP contribution in [0, 0.1) is 10.1 Å². The lowest BCUT2D eigenvalue weighted by Gasteiger charge is -2.15. The van der Waals surface area contributed by atoms with Gasteiger partial charge in [-0.05, 0) is 43.0 Å². The molecule has 1 unspecified atom stereocenters. The maximum absolute atomic E-state index is 13.0. The zero-order valence-electron chi connectivity index (χ0n) is 17.0. The second-order valence-corrected chi connectivity index (χ2v) is 8.69. The summed E-state index contributed by atoms with van der Waals surface area (Å²) in [5.41, 5.74) is 2.22. The second-order valence-electron chi connectivity index (χ2n) is 7.52. The van der Waals surface area contributed by atoms with Crippen LogP contribution in [-0.2, 0) is 16.0 Å². The van der Waals surface area contributed by atoms with E-state index in [0.29, 0.717) is 10.9 Å². The SMILES string of the molecule is CCc1ccc(N=C2SC(CC(=O)Nc3cccc([N+](=O)[O-])c3)C(=O)N2C2CC2)cc1. The van der Waals surface area contributed by atoms with Crippen LogP contribution in [0.15, 0.2) is 53.5 Å². The second kappa shape index (κ2) is 8.89. The minimum absolute atomic E-state index is 0.0246. The largest absolute Gasteiger partial charge is 0.326 e. The first-order valence-corrected chi connectivity index (χ1v) is 11.0. The normalized spacial score (nSPS) is 19.6. The third kappa shape index (κ3) is 4.93. The van der Waals surface area contributed by atoms with Crippen molar-refractivity contribution < 1.29 is 14.5 Å². The number of aliphatic imine (C=N–C) groups is 1. The number of benzene rings is 2. The molecule has 0 spiro atoms. The highest BCUT2D eigenvalue weighted by atomic mass is 32.2. The van der Waals surface area contributed by atoms with Gasteiger partial charge in [0.15, 0.2) is 5.17 Å². The summed E-state index contributed by atoms with van der Waals surface area (Å²) < 4.78 is 0. The molecule has 2 amide bonds. The van der Waals surface area contributed by atoms with E-state index < -0.39 is 10.2 Å². The number of rotatable bonds is 7. The van der Waals surface area contributed by atoms with Gasteiger partial charge in [0.25, 0.3) is 5.69 Å². The van der Waals surface area contributed by atoms with Crippen molar-refractivity contribution in [1.82, 2.24) is 4.90 Å². The Labute approximate surface area is 183 Å². The van der Waals surface area contributed by atoms with E-state index in [4.69, 9.17) is 0 Å². The molecule has 2 aromatic carbocycles. The van der Waals surface area contributed by atoms with Gasteiger partial charge in [0, 0.05) is 30.3 Å². The highest BCUT2D eigenvalue weighted by Gasteiger charge is 2.46. The van der Waals surface area contributed by atoms with Crippen LogP contribution in [0.2, 0.25) is 0 Å². The first-order chi connectivity index (χ1) is 14.9. The van der Waals surface area contributed by atoms with Crippen LogP contribution in [0.4, 0.5) is 17.1 Å². The molecule has 1 N–H and O–H groups in total. The Morgan fingerprint density at radius 3 is 2.65 bits per heavy atom. The Kier molecular flexibility index (Phi) is 6.03. The maximum Gasteiger partial charge on any atom is 0.271 e. The van der Waals surface area contributed by atoms with E-state index in [1.54, 1.807) is 11.0 Å². The molecule has 0 bridgehead atoms. The van der Waals surface area contributed by atoms with Gasteiger partial charge < -0.3 is 5.32 Å². The third-order valence-electron chi connectivity index (χ3n) is 5.16. The molecule has 1 heterocycles. The summed E-state index contributed by atoms with van der Waals surface area (Å²) in [7, 11) is 0. The molecule has 4 rings (SSSR count). The van der Waals surface area contributed by atoms with Gasteiger partial charge in [0.05, 0.1) is 10.6 Å². The fraction of sp³-hybridized carbons (Fsp3) is 0.318. The number of carbonyl (C=O) groups is 2. The van der Waals surface area contributed by atoms with Crippen molar-refractivity contribution in [1.29, 1.82) is 0 Å². The molecule has 2 aromatic rings. The van der Waals surface area contributed by atoms with Gasteiger partial charge in [-0.15, -0.1) is 0 Å². The van der Waals surface area contributed by atoms with Crippen LogP contribution < -0.4 is 5.32 Å². The number of non-ortho nitro benzene ring substituents is 1. The van der Waals surface area contributed by atoms with Gasteiger partial charge >= 0.3 is 0 Å². The maximum atomic E-state index is 13.0. The average Bonchev–Trinajstić information content (AvgIpc) is 3.54. The minimum atomic E-state index is -0.562. The predicted octanol–water partition coefficient (Wildman–Crippen LogP) is 4.28. The van der Waals surface area contributed by atoms with Gasteiger partial charge in [-0.25, -0.2) is 4.99 Å². The molecule has 8 nitrogen and oxygen atoms in total. The van der Waals surface area contributed by atoms with Crippen molar-refractivity contribution in [2.24, 2.45) is 4.99 Å². The fourth-order valence-electron chi connectivity index (χ4n) is 3.36. The smallest absolute Gasteiger partial charge is 0.271 e. The molecule has 2 aliphatic rings. The van der Waals surface area contributed by atoms with Crippen molar-refractivity contribution in [2.45, 2.75) is 43.9 Å². The summed E-state index contributed by atoms with van der Waals surface area (Å²) >= 11 is 1.30. The lowest BCUT2D eigenvalue weighted by molar-refractivity contribution is -0.384. The lowest BCUT2D eigenvalue weighted by atomic mass is 10.2. The Bertz CT molecular complexity index is 1050. The van der Waals surface area contributed by atoms with E-state index in [2.05, 4.69) is 17.2 Å². The van der Waals surface area contributed by atoms with E-state index in [1.807, 2.05) is 24.3 Å². The summed E-state index contributed by atoms with van der Waals surface area (Å²) in [5.74, 6) is -0.471. The van der Waals surface area contributed by atoms with Crippen LogP contribution >= 0.6 is 11.8 Å². The molecule has 2 fully saturated rings. The first kappa shape index (κ1) is 21.0. The van der Waals surface area contributed by atoms with E-state index in [-0.39, 0.29) is 30.0 Å². The fourth-order valence-corrected chi connectivity index (χ4v) is 4.57. The molecule has 1 aliphatic carbocycles. The molecule has 0 aromatic heterocycles. The molecular weight excluding hydrogens is 416 g/mol. The monoisotopic (exact) mass is 438 g/mol. The quantitative estimate of drug-likeness (QED) is 0.513. The number of thioether (sulfide) groups is 1. The third-order valence-corrected chi connectivity index (χ3v) is 6.31. The Balaban J connectivity index is 1.46. The van der Waals surface area contributed by atoms with Gasteiger partial charge in [-0.1, -0.05) is 36.9 Å². The van der Waals surface area contributed by atoms with E-state index in [9.17, 15) is 19.7 Å². The first-order valence-electron chi connectivity index (χ1n) is 10.2. The Morgan fingerprint density at radius 2 is 2.00 bits per heavy atom. The highest BCUT2D eigenvalue weighted by Crippen LogP contribution is 2.39. The van der Waals surface area contributed by atoms with Gasteiger partial charge in [0.1, 0.15) is 5.25 Å². The number of aryl methyl sites for hydroxylation is 1. The molecule has 1 saturated carbocycles. The molecule has 1 saturated heterocycles. The van der Waals surface area contributed by atoms with Crippen molar-refractivity contribution in [3.8, 4) is 0 Å². The lowest BCUT2D eigenvalue weighted by Crippen LogP contribution is -2.35. The highest BCUT2D eigenvalue weighted by molar-refractivity contribution is 8.15. The molecular formula is C22H22N4O4S. The van der Waals surface area contributed by atoms with Gasteiger partial charge in [-0.2, -0.15) is 0 Å². The Hall–Kier alpha value is -3.20. The summed E-state index contributed by atoms with van der Waals surface area (Å²) in [6, 6.07) is 13.8. The van der Waals surface area contributed by atoms with Gasteiger partial charge in [0.2, 0.25) is 11.8 Å². The molecule has 1 atom stereocenters. The van der Waals surface area contributed by atoms with Crippen LogP contribution in [0.1, 0.15) is 31.7 Å². The number of anilines is 1. The van der Waals surface area contributed by atoms with E-state index >= 15 is 0 Å². The predicted molar refractivity (Wildman–Crippen MR) is 121 cm³/mol. The summed E-state index contributed by atoms with van der Waals surface area (Å²) in [6.07, 6.45) is 2.79. The van der Waals surface area contributed by atoms with Crippen LogP contribution in [-0.4, -0.2) is 38.1 Å². The number of hydrogen-bond acceptors (Lipinski definition) is 6. The average molecular weight is 439 g/mol. The minimum Gasteiger partial charge on any atom is -0.326 e. The van der Waals surface area contributed by atoms with Crippen molar-refractivity contribution in [3.05, 3.63) is 64.2 Å². The number of hydrogen-bond donors (Lipinski definition) is 1. The Morgan fingerprint density at radius 1 is 1.26 bits per heavy atom. The molecule has 9 heteroatoms. The molecule has 160 valence electrons. The van der Waals surface area contributed by atoms with Crippen molar-refractivity contribution in [3.63, 3.8) is 0 Å². The molecule has 0 radical (unpaired) electrons. The number of carbonyl (C=O) groups excluding carboxylic acids is 2. The zero-order chi connectivity index (χ0) is 22.0. The van der Waals surface area contributed by atoms with Crippen LogP contribution in [0.5, 0.6) is 0 Å². The molecule has 31 heavy (non-hydrogen) atoms. The van der Waals surface area contributed by atoms with Crippen LogP contribution in [0.3, 0.4) is 0 Å². The molecule has 1 aliphatic heterocycles. The number of nitrogens with zero attached hydrogens (tertiary/aromatic N) is 3. The van der Waals surface area contributed by atoms with E-state index in [0.717, 1.165) is 24.9 Å². The summed E-state index contributed by atoms with van der Waals surface area (Å²) in [6.45, 7) is 2.09. The summed E-state index contributed by atoms with van der Waals surface area (Å²) in [4.78, 5) is 42.3. The standard InChI is InChI=1S/C22H22N4O4S/c1-2-14-6-8-15(9-7-14)24-22-25(17-10-11-17)21(28)19(31-22)13-20(27)23-16-4-3-5-18(12-16)26(29)30/h3-9,12,17,19H,2,10-11,13H2,1H3,(H,23,27). The van der Waals surface area contributed by atoms with Crippen molar-refractivity contribution in [2.75, 3.05) is 5.32 Å². The van der Waals surface area contributed by atoms with Gasteiger partial charge in [-0.3, -0.25) is 24.6 Å². The number of amidine groups is 1. The summed E-state index contributed by atoms with van der Waals surface area (Å²) in [5, 5.41) is 13.6. The number of nitro groups is 1. The topological polar surface area (TPSA) is 105 Å². The van der Waals surface area contributed by atoms with Crippen LogP contribution in [0.25, 0.3) is 0 Å².